The number of aliphatic imine (C=N–C) groups is 1. The van der Waals surface area contributed by atoms with Crippen molar-refractivity contribution in [3.05, 3.63) is 88.8 Å². The number of anilines is 1. The molecule has 4 unspecified atom stereocenters. The molecule has 61 heavy (non-hydrogen) atoms. The lowest BCUT2D eigenvalue weighted by atomic mass is 9.59. The van der Waals surface area contributed by atoms with Crippen molar-refractivity contribution >= 4 is 35.2 Å². The SMILES string of the molecule is CC1CC(C(C)(C)C)C(OC(=O)C2=C(c3ccccc3)/C(=C/c3[nH]c(N)c(C(=O)OC4C(C(C)(C)C)CC(C)CC4C(C)(C)C)c3-c3ccccc3)N=C2N)C(C(C)(C)C)C1. The molecule has 4 atom stereocenters. The quantitative estimate of drug-likeness (QED) is 0.203. The standard InChI is InChI=1S/C53H74N4O4/c1-30-25-34(50(3,4)5)44(35(26-30)51(6,7)8)60-48(58)42-40(32-21-17-15-18-22-32)38(56-46(42)54)29-39-41(33-23-19-16-20-24-33)43(47(55)57-39)49(59)61-45-36(52(9,10)11)27-31(2)28-37(45)53(12,13)14/h15-24,29-31,34-37,44-45,56H,25-28,54H2,1-14H3,(H2,55,57)/b39-29-. The Hall–Kier alpha value is -4.59. The van der Waals surface area contributed by atoms with Crippen LogP contribution in [0.5, 0.6) is 0 Å². The molecule has 2 saturated carbocycles. The second kappa shape index (κ2) is 16.9. The minimum atomic E-state index is -0.478. The first-order valence-corrected chi connectivity index (χ1v) is 22.6. The number of allylic oxidation sites excluding steroid dienone is 1. The molecule has 3 aromatic rings. The molecule has 8 nitrogen and oxygen atoms in total. The fraction of sp³-hybridized carbons (Fsp3) is 0.566. The molecular weight excluding hydrogens is 757 g/mol. The summed E-state index contributed by atoms with van der Waals surface area (Å²) in [6.45, 7) is 31.6. The summed E-state index contributed by atoms with van der Waals surface area (Å²) < 4.78 is 13.5. The predicted octanol–water partition coefficient (Wildman–Crippen LogP) is 12.4. The van der Waals surface area contributed by atoms with Crippen molar-refractivity contribution in [3.63, 3.8) is 0 Å². The van der Waals surface area contributed by atoms with Gasteiger partial charge >= 0.3 is 11.9 Å². The maximum absolute atomic E-state index is 14.8. The molecule has 330 valence electrons. The van der Waals surface area contributed by atoms with Gasteiger partial charge in [0.2, 0.25) is 0 Å². The van der Waals surface area contributed by atoms with Crippen LogP contribution in [0.25, 0.3) is 22.8 Å². The molecule has 0 spiro atoms. The zero-order valence-corrected chi connectivity index (χ0v) is 39.5. The van der Waals surface area contributed by atoms with E-state index in [0.717, 1.165) is 36.8 Å². The van der Waals surface area contributed by atoms with Crippen LogP contribution in [0.2, 0.25) is 0 Å². The molecule has 0 radical (unpaired) electrons. The van der Waals surface area contributed by atoms with E-state index in [9.17, 15) is 9.59 Å². The number of aromatic nitrogens is 1. The van der Waals surface area contributed by atoms with E-state index in [2.05, 4.69) is 102 Å². The van der Waals surface area contributed by atoms with Crippen molar-refractivity contribution < 1.29 is 19.1 Å². The number of rotatable bonds is 7. The Morgan fingerprint density at radius 1 is 0.623 bits per heavy atom. The first kappa shape index (κ1) is 45.9. The molecule has 2 heterocycles. The average molecular weight is 831 g/mol. The molecule has 8 heteroatoms. The van der Waals surface area contributed by atoms with Gasteiger partial charge in [0.1, 0.15) is 35.0 Å². The van der Waals surface area contributed by atoms with Gasteiger partial charge in [-0.3, -0.25) is 0 Å². The van der Waals surface area contributed by atoms with Crippen LogP contribution in [0.4, 0.5) is 5.82 Å². The molecule has 3 aliphatic rings. The van der Waals surface area contributed by atoms with Gasteiger partial charge < -0.3 is 25.9 Å². The number of hydrogen-bond acceptors (Lipinski definition) is 7. The predicted molar refractivity (Wildman–Crippen MR) is 251 cm³/mol. The number of nitrogen functional groups attached to an aromatic ring is 1. The molecule has 2 aromatic carbocycles. The van der Waals surface area contributed by atoms with E-state index < -0.39 is 11.9 Å². The Balaban J connectivity index is 1.48. The fourth-order valence-corrected chi connectivity index (χ4v) is 10.7. The second-order valence-electron chi connectivity index (χ2n) is 23.0. The number of carbonyl (C=O) groups is 2. The van der Waals surface area contributed by atoms with E-state index in [0.29, 0.717) is 34.4 Å². The summed E-state index contributed by atoms with van der Waals surface area (Å²) in [5.41, 5.74) is 17.6. The summed E-state index contributed by atoms with van der Waals surface area (Å²) in [6, 6.07) is 19.5. The molecular formula is C53H74N4O4. The van der Waals surface area contributed by atoms with Gasteiger partial charge in [0, 0.05) is 34.8 Å². The summed E-state index contributed by atoms with van der Waals surface area (Å²) in [5.74, 6) is 1.01. The molecule has 1 aliphatic heterocycles. The van der Waals surface area contributed by atoms with Crippen LogP contribution in [-0.4, -0.2) is 35.0 Å². The van der Waals surface area contributed by atoms with Gasteiger partial charge in [0.25, 0.3) is 0 Å². The highest BCUT2D eigenvalue weighted by Crippen LogP contribution is 2.52. The smallest absolute Gasteiger partial charge is 0.342 e. The number of nitrogens with zero attached hydrogens (tertiary/aromatic N) is 1. The molecule has 5 N–H and O–H groups in total. The Labute approximate surface area is 366 Å². The number of H-pyrrole nitrogens is 1. The minimum Gasteiger partial charge on any atom is -0.458 e. The van der Waals surface area contributed by atoms with E-state index in [1.807, 2.05) is 66.7 Å². The normalized spacial score (nSPS) is 27.2. The van der Waals surface area contributed by atoms with Crippen LogP contribution < -0.4 is 11.5 Å². The number of amidine groups is 1. The number of ether oxygens (including phenoxy) is 2. The summed E-state index contributed by atoms with van der Waals surface area (Å²) in [5, 5.41) is 0. The third kappa shape index (κ3) is 9.74. The van der Waals surface area contributed by atoms with Crippen LogP contribution in [0.1, 0.15) is 144 Å². The topological polar surface area (TPSA) is 133 Å². The zero-order valence-electron chi connectivity index (χ0n) is 39.5. The van der Waals surface area contributed by atoms with Gasteiger partial charge in [-0.25, -0.2) is 14.6 Å². The van der Waals surface area contributed by atoms with Gasteiger partial charge in [-0.05, 0) is 76.4 Å². The number of carbonyl (C=O) groups excluding carboxylic acids is 2. The lowest BCUT2D eigenvalue weighted by molar-refractivity contribution is -0.164. The lowest BCUT2D eigenvalue weighted by Crippen LogP contribution is -2.49. The van der Waals surface area contributed by atoms with Crippen LogP contribution >= 0.6 is 0 Å². The van der Waals surface area contributed by atoms with Crippen molar-refractivity contribution in [3.8, 4) is 11.1 Å². The third-order valence-electron chi connectivity index (χ3n) is 14.0. The number of hydrogen-bond donors (Lipinski definition) is 3. The highest BCUT2D eigenvalue weighted by atomic mass is 16.5. The van der Waals surface area contributed by atoms with E-state index in [-0.39, 0.29) is 80.3 Å². The summed E-state index contributed by atoms with van der Waals surface area (Å²) in [4.78, 5) is 37.9. The average Bonchev–Trinajstić information content (AvgIpc) is 3.66. The van der Waals surface area contributed by atoms with E-state index in [4.69, 9.17) is 25.9 Å². The van der Waals surface area contributed by atoms with Crippen molar-refractivity contribution in [1.29, 1.82) is 0 Å². The number of aromatic amines is 1. The molecule has 1 aromatic heterocycles. The Morgan fingerprint density at radius 2 is 1.02 bits per heavy atom. The first-order chi connectivity index (χ1) is 28.3. The van der Waals surface area contributed by atoms with Crippen LogP contribution in [-0.2, 0) is 14.3 Å². The Kier molecular flexibility index (Phi) is 12.8. The highest BCUT2D eigenvalue weighted by molar-refractivity contribution is 6.29. The third-order valence-corrected chi connectivity index (χ3v) is 14.0. The lowest BCUT2D eigenvalue weighted by Gasteiger charge is -2.50. The van der Waals surface area contributed by atoms with Crippen LogP contribution in [0.15, 0.2) is 76.9 Å². The number of benzene rings is 2. The van der Waals surface area contributed by atoms with Gasteiger partial charge in [0.15, 0.2) is 0 Å². The van der Waals surface area contributed by atoms with Crippen LogP contribution in [0.3, 0.4) is 0 Å². The van der Waals surface area contributed by atoms with Crippen molar-refractivity contribution in [2.45, 2.75) is 135 Å². The minimum absolute atomic E-state index is 0.0825. The van der Waals surface area contributed by atoms with Gasteiger partial charge in [-0.1, -0.05) is 158 Å². The molecule has 0 saturated heterocycles. The van der Waals surface area contributed by atoms with Gasteiger partial charge in [0.05, 0.1) is 11.4 Å². The monoisotopic (exact) mass is 831 g/mol. The summed E-state index contributed by atoms with van der Waals surface area (Å²) >= 11 is 0. The molecule has 2 aliphatic carbocycles. The first-order valence-electron chi connectivity index (χ1n) is 22.6. The van der Waals surface area contributed by atoms with E-state index >= 15 is 0 Å². The maximum Gasteiger partial charge on any atom is 0.342 e. The zero-order chi connectivity index (χ0) is 45.0. The van der Waals surface area contributed by atoms with E-state index in [1.54, 1.807) is 0 Å². The van der Waals surface area contributed by atoms with Gasteiger partial charge in [-0.15, -0.1) is 0 Å². The van der Waals surface area contributed by atoms with Crippen molar-refractivity contribution in [1.82, 2.24) is 4.98 Å². The summed E-state index contributed by atoms with van der Waals surface area (Å²) in [7, 11) is 0. The largest absolute Gasteiger partial charge is 0.458 e. The van der Waals surface area contributed by atoms with Gasteiger partial charge in [-0.2, -0.15) is 0 Å². The Morgan fingerprint density at radius 3 is 1.43 bits per heavy atom. The number of nitrogens with one attached hydrogen (secondary N) is 1. The van der Waals surface area contributed by atoms with Crippen LogP contribution in [0, 0.1) is 57.2 Å². The molecule has 0 amide bonds. The molecule has 0 bridgehead atoms. The number of esters is 2. The van der Waals surface area contributed by atoms with Crippen molar-refractivity contribution in [2.24, 2.45) is 67.9 Å². The Bertz CT molecular complexity index is 2120. The second-order valence-corrected chi connectivity index (χ2v) is 23.0. The fourth-order valence-electron chi connectivity index (χ4n) is 10.7. The van der Waals surface area contributed by atoms with E-state index in [1.165, 1.54) is 0 Å². The molecule has 2 fully saturated rings. The highest BCUT2D eigenvalue weighted by Gasteiger charge is 2.50. The number of nitrogens with two attached hydrogens (primary N) is 2. The maximum atomic E-state index is 14.8. The molecule has 6 rings (SSSR count). The van der Waals surface area contributed by atoms with Crippen molar-refractivity contribution in [2.75, 3.05) is 5.73 Å². The summed E-state index contributed by atoms with van der Waals surface area (Å²) in [6.07, 6.45) is 5.15.